The van der Waals surface area contributed by atoms with E-state index in [1.165, 1.54) is 0 Å². The van der Waals surface area contributed by atoms with Gasteiger partial charge in [0.2, 0.25) is 5.91 Å². The lowest BCUT2D eigenvalue weighted by Crippen LogP contribution is -2.46. The number of nitrogens with zero attached hydrogens (tertiary/aromatic N) is 1. The first kappa shape index (κ1) is 14.5. The molecule has 3 N–H and O–H groups in total. The van der Waals surface area contributed by atoms with Crippen LogP contribution in [0.2, 0.25) is 0 Å². The topological polar surface area (TPSA) is 58.4 Å². The predicted molar refractivity (Wildman–Crippen MR) is 70.7 cm³/mol. The number of rotatable bonds is 5. The van der Waals surface area contributed by atoms with E-state index in [0.29, 0.717) is 18.4 Å². The summed E-state index contributed by atoms with van der Waals surface area (Å²) < 4.78 is 0. The summed E-state index contributed by atoms with van der Waals surface area (Å²) >= 11 is 0. The molecule has 100 valence electrons. The minimum absolute atomic E-state index is 0.0225. The van der Waals surface area contributed by atoms with Gasteiger partial charge in [-0.15, -0.1) is 0 Å². The second-order valence-electron chi connectivity index (χ2n) is 5.39. The third kappa shape index (κ3) is 5.04. The summed E-state index contributed by atoms with van der Waals surface area (Å²) in [6.07, 6.45) is 2.58. The number of hydrogen-bond donors (Lipinski definition) is 2. The first-order chi connectivity index (χ1) is 8.02. The molecule has 1 aliphatic heterocycles. The van der Waals surface area contributed by atoms with E-state index < -0.39 is 0 Å². The van der Waals surface area contributed by atoms with Crippen LogP contribution < -0.4 is 11.1 Å². The van der Waals surface area contributed by atoms with E-state index in [-0.39, 0.29) is 11.9 Å². The first-order valence-electron chi connectivity index (χ1n) is 6.80. The van der Waals surface area contributed by atoms with Gasteiger partial charge in [-0.2, -0.15) is 0 Å². The second kappa shape index (κ2) is 6.97. The Balaban J connectivity index is 2.23. The summed E-state index contributed by atoms with van der Waals surface area (Å²) in [6.45, 7) is 9.59. The maximum atomic E-state index is 11.8. The van der Waals surface area contributed by atoms with Crippen LogP contribution in [0.25, 0.3) is 0 Å². The van der Waals surface area contributed by atoms with E-state index in [1.54, 1.807) is 0 Å². The van der Waals surface area contributed by atoms with Gasteiger partial charge in [0.25, 0.3) is 0 Å². The third-order valence-electron chi connectivity index (χ3n) is 3.68. The number of likely N-dealkylation sites (tertiary alicyclic amines) is 1. The van der Waals surface area contributed by atoms with E-state index in [9.17, 15) is 4.79 Å². The molecule has 1 atom stereocenters. The summed E-state index contributed by atoms with van der Waals surface area (Å²) in [5.74, 6) is 0.476. The molecule has 17 heavy (non-hydrogen) atoms. The average Bonchev–Trinajstić information content (AvgIpc) is 2.29. The number of carbonyl (C=O) groups excluding carboxylic acids is 1. The normalized spacial score (nSPS) is 20.5. The van der Waals surface area contributed by atoms with Gasteiger partial charge in [-0.05, 0) is 25.3 Å². The van der Waals surface area contributed by atoms with Crippen molar-refractivity contribution in [2.45, 2.75) is 52.1 Å². The maximum Gasteiger partial charge on any atom is 0.221 e. The highest BCUT2D eigenvalue weighted by molar-refractivity contribution is 5.76. The van der Waals surface area contributed by atoms with Crippen molar-refractivity contribution in [3.63, 3.8) is 0 Å². The van der Waals surface area contributed by atoms with Crippen molar-refractivity contribution in [2.75, 3.05) is 19.6 Å². The molecule has 0 spiro atoms. The van der Waals surface area contributed by atoms with Crippen molar-refractivity contribution in [1.82, 2.24) is 10.2 Å². The molecule has 1 amide bonds. The molecule has 0 radical (unpaired) electrons. The van der Waals surface area contributed by atoms with Crippen LogP contribution in [-0.2, 0) is 4.79 Å². The van der Waals surface area contributed by atoms with Gasteiger partial charge in [0.1, 0.15) is 0 Å². The van der Waals surface area contributed by atoms with Gasteiger partial charge in [0, 0.05) is 31.6 Å². The number of nitrogens with two attached hydrogens (primary N) is 1. The number of piperidine rings is 1. The van der Waals surface area contributed by atoms with Crippen LogP contribution in [-0.4, -0.2) is 42.5 Å². The molecule has 1 unspecified atom stereocenters. The Morgan fingerprint density at radius 2 is 2.00 bits per heavy atom. The number of carbonyl (C=O) groups is 1. The molecule has 1 aliphatic rings. The lowest BCUT2D eigenvalue weighted by Gasteiger charge is -2.31. The van der Waals surface area contributed by atoms with E-state index in [0.717, 1.165) is 32.5 Å². The van der Waals surface area contributed by atoms with Crippen molar-refractivity contribution in [3.05, 3.63) is 0 Å². The van der Waals surface area contributed by atoms with Crippen LogP contribution in [0, 0.1) is 5.92 Å². The quantitative estimate of drug-likeness (QED) is 0.754. The number of nitrogens with one attached hydrogen (secondary N) is 1. The van der Waals surface area contributed by atoms with Crippen molar-refractivity contribution in [1.29, 1.82) is 0 Å². The molecule has 4 nitrogen and oxygen atoms in total. The van der Waals surface area contributed by atoms with Crippen LogP contribution in [0.3, 0.4) is 0 Å². The highest BCUT2D eigenvalue weighted by atomic mass is 16.1. The van der Waals surface area contributed by atoms with Gasteiger partial charge in [0.15, 0.2) is 0 Å². The predicted octanol–water partition coefficient (Wildman–Crippen LogP) is 0.960. The SMILES string of the molecule is CCN1CCC(NC(=O)CC(N)C(C)C)CC1. The smallest absolute Gasteiger partial charge is 0.221 e. The molecule has 0 saturated carbocycles. The average molecular weight is 241 g/mol. The van der Waals surface area contributed by atoms with Gasteiger partial charge >= 0.3 is 0 Å². The molecule has 0 aromatic carbocycles. The number of amides is 1. The van der Waals surface area contributed by atoms with Gasteiger partial charge in [-0.25, -0.2) is 0 Å². The highest BCUT2D eigenvalue weighted by Gasteiger charge is 2.20. The minimum atomic E-state index is -0.0225. The lowest BCUT2D eigenvalue weighted by atomic mass is 10.0. The first-order valence-corrected chi connectivity index (χ1v) is 6.80. The van der Waals surface area contributed by atoms with Crippen LogP contribution in [0.1, 0.15) is 40.0 Å². The van der Waals surface area contributed by atoms with Gasteiger partial charge in [0.05, 0.1) is 0 Å². The molecule has 1 heterocycles. The van der Waals surface area contributed by atoms with Crippen LogP contribution in [0.15, 0.2) is 0 Å². The van der Waals surface area contributed by atoms with Crippen molar-refractivity contribution in [3.8, 4) is 0 Å². The fourth-order valence-corrected chi connectivity index (χ4v) is 2.13. The molecule has 1 rings (SSSR count). The van der Waals surface area contributed by atoms with Gasteiger partial charge in [-0.1, -0.05) is 20.8 Å². The molecular formula is C13H27N3O. The molecule has 4 heteroatoms. The Hall–Kier alpha value is -0.610. The Morgan fingerprint density at radius 1 is 1.41 bits per heavy atom. The number of hydrogen-bond acceptors (Lipinski definition) is 3. The summed E-state index contributed by atoms with van der Waals surface area (Å²) in [6, 6.07) is 0.329. The van der Waals surface area contributed by atoms with Crippen molar-refractivity contribution < 1.29 is 4.79 Å². The Morgan fingerprint density at radius 3 is 2.47 bits per heavy atom. The van der Waals surface area contributed by atoms with E-state index in [2.05, 4.69) is 31.0 Å². The van der Waals surface area contributed by atoms with Crippen LogP contribution >= 0.6 is 0 Å². The second-order valence-corrected chi connectivity index (χ2v) is 5.39. The fourth-order valence-electron chi connectivity index (χ4n) is 2.13. The molecule has 1 fully saturated rings. The zero-order valence-electron chi connectivity index (χ0n) is 11.4. The van der Waals surface area contributed by atoms with E-state index in [4.69, 9.17) is 5.73 Å². The van der Waals surface area contributed by atoms with E-state index in [1.807, 2.05) is 0 Å². The molecule has 1 saturated heterocycles. The largest absolute Gasteiger partial charge is 0.353 e. The van der Waals surface area contributed by atoms with Crippen molar-refractivity contribution >= 4 is 5.91 Å². The molecule has 0 aromatic heterocycles. The lowest BCUT2D eigenvalue weighted by molar-refractivity contribution is -0.122. The maximum absolute atomic E-state index is 11.8. The van der Waals surface area contributed by atoms with E-state index >= 15 is 0 Å². The monoisotopic (exact) mass is 241 g/mol. The highest BCUT2D eigenvalue weighted by Crippen LogP contribution is 2.10. The van der Waals surface area contributed by atoms with Crippen LogP contribution in [0.5, 0.6) is 0 Å². The third-order valence-corrected chi connectivity index (χ3v) is 3.68. The Labute approximate surface area is 105 Å². The summed E-state index contributed by atoms with van der Waals surface area (Å²) in [7, 11) is 0. The van der Waals surface area contributed by atoms with Crippen LogP contribution in [0.4, 0.5) is 0 Å². The fraction of sp³-hybridized carbons (Fsp3) is 0.923. The minimum Gasteiger partial charge on any atom is -0.353 e. The Kier molecular flexibility index (Phi) is 5.92. The Bertz CT molecular complexity index is 235. The summed E-state index contributed by atoms with van der Waals surface area (Å²) in [5, 5.41) is 3.10. The summed E-state index contributed by atoms with van der Waals surface area (Å²) in [4.78, 5) is 14.2. The molecule has 0 aliphatic carbocycles. The zero-order chi connectivity index (χ0) is 12.8. The van der Waals surface area contributed by atoms with Crippen molar-refractivity contribution in [2.24, 2.45) is 11.7 Å². The summed E-state index contributed by atoms with van der Waals surface area (Å²) in [5.41, 5.74) is 5.90. The van der Waals surface area contributed by atoms with Gasteiger partial charge < -0.3 is 16.0 Å². The molecule has 0 bridgehead atoms. The molecular weight excluding hydrogens is 214 g/mol. The van der Waals surface area contributed by atoms with Gasteiger partial charge in [-0.3, -0.25) is 4.79 Å². The standard InChI is InChI=1S/C13H27N3O/c1-4-16-7-5-11(6-8-16)15-13(17)9-12(14)10(2)3/h10-12H,4-9,14H2,1-3H3,(H,15,17). The molecule has 0 aromatic rings. The zero-order valence-corrected chi connectivity index (χ0v) is 11.4.